The third kappa shape index (κ3) is 24.5. The Morgan fingerprint density at radius 2 is 1.13 bits per heavy atom. The Hall–Kier alpha value is -8.66. The molecule has 12 amide bonds. The summed E-state index contributed by atoms with van der Waals surface area (Å²) in [7, 11) is 9.33. The average molecular weight is 1450 g/mol. The molecule has 2 aliphatic rings. The number of rotatable bonds is 17. The van der Waals surface area contributed by atoms with E-state index in [1.54, 1.807) is 68.4 Å². The number of aryl methyl sites for hydroxylation is 1. The standard InChI is InChI=1S/C73H104ClF3N12O13/c1-15-47(6)64-72(101)84(10)42-62(92)82(8)43-63(93)86(12)58(39-51-25-30-53(74)31-26-51)70(99)83(9)41-60(90)78-54(32-27-49-23-28-52(29-24-49)73(75,76)77)66(95)80-56(44-102-36-33-45(2)3)68(97)88(14)59(38-50-21-17-16-18-22-50)71(100)87(13)57(37-46(4)5)67(96)79-55(69(98)89-34-19-20-35-89)40-61(91)85(11)48(7)65(94)81-64/h16-18,21-26,28-31,45-48,54-59,64H,15,19-20,27,32-44H2,1-14H3,(H,78,90)(H,79,96)(H,80,95)(H,81,94)/t47-,48-,54-,55-,56-,57-,58-,59-,64-/m0/s1. The monoisotopic (exact) mass is 1450 g/mol. The number of carbonyl (C=O) groups is 12. The first kappa shape index (κ1) is 84.0. The molecule has 2 heterocycles. The van der Waals surface area contributed by atoms with Gasteiger partial charge >= 0.3 is 6.18 Å². The van der Waals surface area contributed by atoms with Crippen molar-refractivity contribution in [3.8, 4) is 0 Å². The minimum atomic E-state index is -4.66. The van der Waals surface area contributed by atoms with Crippen LogP contribution in [0, 0.1) is 17.8 Å². The minimum Gasteiger partial charge on any atom is -0.379 e. The maximum Gasteiger partial charge on any atom is 0.416 e. The van der Waals surface area contributed by atoms with Crippen molar-refractivity contribution in [2.75, 3.05) is 95.3 Å². The second-order valence-electron chi connectivity index (χ2n) is 27.8. The number of halogens is 4. The van der Waals surface area contributed by atoms with Crippen LogP contribution in [0.1, 0.15) is 116 Å². The summed E-state index contributed by atoms with van der Waals surface area (Å²) in [4.78, 5) is 186. The number of benzene rings is 3. The van der Waals surface area contributed by atoms with Gasteiger partial charge in [0.25, 0.3) is 0 Å². The van der Waals surface area contributed by atoms with E-state index in [1.165, 1.54) is 78.2 Å². The first-order valence-corrected chi connectivity index (χ1v) is 35.1. The highest BCUT2D eigenvalue weighted by Gasteiger charge is 2.42. The summed E-state index contributed by atoms with van der Waals surface area (Å²) >= 11 is 6.23. The molecular formula is C73H104ClF3N12O13. The van der Waals surface area contributed by atoms with Gasteiger partial charge in [0, 0.05) is 86.9 Å². The van der Waals surface area contributed by atoms with Crippen molar-refractivity contribution < 1.29 is 75.4 Å². The Bertz CT molecular complexity index is 3380. The number of nitrogens with zero attached hydrogens (tertiary/aromatic N) is 8. The van der Waals surface area contributed by atoms with Crippen molar-refractivity contribution in [1.82, 2.24) is 60.5 Å². The number of hydrogen-bond acceptors (Lipinski definition) is 13. The molecule has 0 aliphatic carbocycles. The molecule has 0 bridgehead atoms. The number of carbonyl (C=O) groups excluding carboxylic acids is 12. The number of nitrogens with one attached hydrogen (secondary N) is 4. The molecule has 2 fully saturated rings. The second kappa shape index (κ2) is 39.1. The molecule has 2 aliphatic heterocycles. The lowest BCUT2D eigenvalue weighted by atomic mass is 9.97. The zero-order valence-electron chi connectivity index (χ0n) is 61.3. The van der Waals surface area contributed by atoms with Crippen LogP contribution in [-0.2, 0) is 87.7 Å². The van der Waals surface area contributed by atoms with Crippen LogP contribution in [0.4, 0.5) is 13.2 Å². The Morgan fingerprint density at radius 3 is 1.71 bits per heavy atom. The summed E-state index contributed by atoms with van der Waals surface area (Å²) in [6.07, 6.45) is -3.73. The molecule has 25 nitrogen and oxygen atoms in total. The van der Waals surface area contributed by atoms with Gasteiger partial charge in [-0.2, -0.15) is 13.2 Å². The molecule has 0 radical (unpaired) electrons. The quantitative estimate of drug-likeness (QED) is 0.135. The van der Waals surface area contributed by atoms with Crippen LogP contribution in [0.5, 0.6) is 0 Å². The molecule has 2 saturated heterocycles. The highest BCUT2D eigenvalue weighted by atomic mass is 35.5. The molecule has 5 rings (SSSR count). The van der Waals surface area contributed by atoms with Crippen molar-refractivity contribution in [2.24, 2.45) is 17.8 Å². The van der Waals surface area contributed by atoms with Gasteiger partial charge in [-0.25, -0.2) is 0 Å². The molecule has 0 spiro atoms. The number of likely N-dealkylation sites (tertiary alicyclic amines) is 1. The maximum atomic E-state index is 15.6. The molecule has 0 aromatic heterocycles. The third-order valence-corrected chi connectivity index (χ3v) is 19.2. The highest BCUT2D eigenvalue weighted by Crippen LogP contribution is 2.30. The van der Waals surface area contributed by atoms with E-state index in [-0.39, 0.29) is 50.5 Å². The summed E-state index contributed by atoms with van der Waals surface area (Å²) in [6.45, 7) is 10.8. The topological polar surface area (TPSA) is 288 Å². The summed E-state index contributed by atoms with van der Waals surface area (Å²) in [5.74, 6) is -9.95. The van der Waals surface area contributed by atoms with Gasteiger partial charge in [0.15, 0.2) is 0 Å². The molecule has 562 valence electrons. The molecule has 3 aromatic rings. The summed E-state index contributed by atoms with van der Waals surface area (Å²) in [6, 6.07) is 7.97. The van der Waals surface area contributed by atoms with Crippen LogP contribution < -0.4 is 21.3 Å². The van der Waals surface area contributed by atoms with E-state index in [9.17, 15) is 51.5 Å². The van der Waals surface area contributed by atoms with Crippen LogP contribution in [0.2, 0.25) is 5.02 Å². The van der Waals surface area contributed by atoms with E-state index in [0.29, 0.717) is 60.5 Å². The molecule has 102 heavy (non-hydrogen) atoms. The number of alkyl halides is 3. The summed E-state index contributed by atoms with van der Waals surface area (Å²) in [5, 5.41) is 11.3. The van der Waals surface area contributed by atoms with Gasteiger partial charge in [0.1, 0.15) is 48.3 Å². The Balaban J connectivity index is 1.66. The van der Waals surface area contributed by atoms with Gasteiger partial charge < -0.3 is 65.2 Å². The minimum absolute atomic E-state index is 0.0161. The average Bonchev–Trinajstić information content (AvgIpc) is 0.870. The van der Waals surface area contributed by atoms with Gasteiger partial charge in [-0.05, 0) is 104 Å². The Labute approximate surface area is 602 Å². The van der Waals surface area contributed by atoms with E-state index < -0.39 is 170 Å². The predicted octanol–water partition coefficient (Wildman–Crippen LogP) is 4.60. The fraction of sp³-hybridized carbons (Fsp3) is 0.589. The molecular weight excluding hydrogens is 1350 g/mol. The second-order valence-corrected chi connectivity index (χ2v) is 28.2. The van der Waals surface area contributed by atoms with E-state index in [2.05, 4.69) is 21.3 Å². The number of amides is 12. The lowest BCUT2D eigenvalue weighted by molar-refractivity contribution is -0.150. The molecule has 0 unspecified atom stereocenters. The van der Waals surface area contributed by atoms with E-state index >= 15 is 19.2 Å². The van der Waals surface area contributed by atoms with Gasteiger partial charge in [-0.15, -0.1) is 0 Å². The Kier molecular flexibility index (Phi) is 32.2. The van der Waals surface area contributed by atoms with E-state index in [4.69, 9.17) is 16.3 Å². The van der Waals surface area contributed by atoms with Crippen molar-refractivity contribution in [2.45, 2.75) is 167 Å². The zero-order chi connectivity index (χ0) is 76.0. The molecule has 9 atom stereocenters. The van der Waals surface area contributed by atoms with Gasteiger partial charge in [-0.1, -0.05) is 114 Å². The fourth-order valence-corrected chi connectivity index (χ4v) is 12.0. The molecule has 3 aromatic carbocycles. The smallest absolute Gasteiger partial charge is 0.379 e. The van der Waals surface area contributed by atoms with Crippen LogP contribution in [0.15, 0.2) is 78.9 Å². The van der Waals surface area contributed by atoms with Crippen molar-refractivity contribution in [3.05, 3.63) is 106 Å². The first-order valence-electron chi connectivity index (χ1n) is 34.7. The van der Waals surface area contributed by atoms with Gasteiger partial charge in [-0.3, -0.25) is 57.5 Å². The van der Waals surface area contributed by atoms with Gasteiger partial charge in [0.05, 0.1) is 38.2 Å². The number of hydrogen-bond donors (Lipinski definition) is 4. The highest BCUT2D eigenvalue weighted by molar-refractivity contribution is 6.30. The first-order chi connectivity index (χ1) is 47.9. The largest absolute Gasteiger partial charge is 0.416 e. The van der Waals surface area contributed by atoms with Gasteiger partial charge in [0.2, 0.25) is 70.9 Å². The summed E-state index contributed by atoms with van der Waals surface area (Å²) < 4.78 is 47.3. The van der Waals surface area contributed by atoms with Crippen molar-refractivity contribution in [1.29, 1.82) is 0 Å². The third-order valence-electron chi connectivity index (χ3n) is 18.9. The summed E-state index contributed by atoms with van der Waals surface area (Å²) in [5.41, 5.74) is 0.528. The zero-order valence-corrected chi connectivity index (χ0v) is 62.0. The van der Waals surface area contributed by atoms with Crippen LogP contribution >= 0.6 is 11.6 Å². The van der Waals surface area contributed by atoms with Crippen LogP contribution in [0.25, 0.3) is 0 Å². The van der Waals surface area contributed by atoms with Crippen molar-refractivity contribution in [3.63, 3.8) is 0 Å². The van der Waals surface area contributed by atoms with E-state index in [0.717, 1.165) is 41.5 Å². The fourth-order valence-electron chi connectivity index (χ4n) is 11.8. The predicted molar refractivity (Wildman–Crippen MR) is 377 cm³/mol. The van der Waals surface area contributed by atoms with Crippen LogP contribution in [-0.4, -0.2) is 254 Å². The molecule has 0 saturated carbocycles. The van der Waals surface area contributed by atoms with E-state index in [1.807, 2.05) is 27.7 Å². The maximum absolute atomic E-state index is 15.6. The lowest BCUT2D eigenvalue weighted by Crippen LogP contribution is -2.61. The molecule has 4 N–H and O–H groups in total. The Morgan fingerprint density at radius 1 is 0.569 bits per heavy atom. The van der Waals surface area contributed by atoms with Crippen LogP contribution in [0.3, 0.4) is 0 Å². The number of ether oxygens (including phenoxy) is 1. The molecule has 29 heteroatoms. The number of likely N-dealkylation sites (N-methyl/N-ethyl adjacent to an activating group) is 7. The normalized spacial score (nSPS) is 23.2. The lowest BCUT2D eigenvalue weighted by Gasteiger charge is -2.37. The SMILES string of the molecule is CC[C@H](C)[C@@H]1NC(=O)[C@H](C)N(C)C(=O)C[C@@H](C(=O)N2CCCC2)NC(=O)[C@H](CC(C)C)N(C)C(=O)[C@H](Cc2ccccc2)N(C)C(=O)[C@H](COCCC(C)C)NC(=O)[C@H](CCc2ccc(C(F)(F)F)cc2)NC(=O)CN(C)C(=O)[C@H](Cc2ccc(Cl)cc2)N(C)C(=O)CN(C)C(=O)CN(C)C1=O. The van der Waals surface area contributed by atoms with Crippen molar-refractivity contribution >= 4 is 82.5 Å².